The van der Waals surface area contributed by atoms with Gasteiger partial charge < -0.3 is 5.32 Å². The Labute approximate surface area is 113 Å². The topological polar surface area (TPSA) is 24.9 Å². The molecule has 1 atom stereocenters. The van der Waals surface area contributed by atoms with Crippen LogP contribution in [0.2, 0.25) is 5.15 Å². The third kappa shape index (κ3) is 3.23. The summed E-state index contributed by atoms with van der Waals surface area (Å²) in [5.74, 6) is 0. The molecule has 2 rings (SSSR count). The highest BCUT2D eigenvalue weighted by atomic mass is 35.5. The number of hydrogen-bond donors (Lipinski definition) is 1. The SMILES string of the molecule is CCC(Nc1ccc(Cl)nc1)c1ccc(C)cc1. The average molecular weight is 261 g/mol. The zero-order valence-corrected chi connectivity index (χ0v) is 11.4. The highest BCUT2D eigenvalue weighted by Crippen LogP contribution is 2.22. The Bertz CT molecular complexity index is 491. The summed E-state index contributed by atoms with van der Waals surface area (Å²) in [6, 6.07) is 12.7. The lowest BCUT2D eigenvalue weighted by atomic mass is 10.0. The minimum atomic E-state index is 0.300. The van der Waals surface area contributed by atoms with Crippen LogP contribution in [0.25, 0.3) is 0 Å². The Morgan fingerprint density at radius 2 is 1.89 bits per heavy atom. The number of pyridine rings is 1. The summed E-state index contributed by atoms with van der Waals surface area (Å²) in [5.41, 5.74) is 3.56. The van der Waals surface area contributed by atoms with E-state index in [0.717, 1.165) is 12.1 Å². The Morgan fingerprint density at radius 1 is 1.17 bits per heavy atom. The van der Waals surface area contributed by atoms with E-state index in [0.29, 0.717) is 11.2 Å². The molecule has 2 nitrogen and oxygen atoms in total. The highest BCUT2D eigenvalue weighted by Gasteiger charge is 2.08. The zero-order valence-electron chi connectivity index (χ0n) is 10.7. The van der Waals surface area contributed by atoms with Crippen LogP contribution in [-0.4, -0.2) is 4.98 Å². The molecule has 0 bridgehead atoms. The number of rotatable bonds is 4. The van der Waals surface area contributed by atoms with Crippen molar-refractivity contribution in [3.05, 3.63) is 58.9 Å². The van der Waals surface area contributed by atoms with Gasteiger partial charge in [0.15, 0.2) is 0 Å². The van der Waals surface area contributed by atoms with Gasteiger partial charge in [-0.2, -0.15) is 0 Å². The van der Waals surface area contributed by atoms with E-state index >= 15 is 0 Å². The van der Waals surface area contributed by atoms with Crippen molar-refractivity contribution in [1.82, 2.24) is 4.98 Å². The van der Waals surface area contributed by atoms with Crippen LogP contribution in [0.3, 0.4) is 0 Å². The first kappa shape index (κ1) is 12.9. The lowest BCUT2D eigenvalue weighted by molar-refractivity contribution is 0.748. The van der Waals surface area contributed by atoms with Crippen LogP contribution in [0.1, 0.15) is 30.5 Å². The fraction of sp³-hybridized carbons (Fsp3) is 0.267. The Balaban J connectivity index is 2.14. The summed E-state index contributed by atoms with van der Waals surface area (Å²) >= 11 is 5.78. The van der Waals surface area contributed by atoms with Crippen LogP contribution in [0.15, 0.2) is 42.6 Å². The van der Waals surface area contributed by atoms with Gasteiger partial charge in [-0.15, -0.1) is 0 Å². The molecule has 0 fully saturated rings. The van der Waals surface area contributed by atoms with Crippen LogP contribution in [0.5, 0.6) is 0 Å². The molecule has 1 heterocycles. The second-order valence-electron chi connectivity index (χ2n) is 4.39. The van der Waals surface area contributed by atoms with Gasteiger partial charge in [0.1, 0.15) is 5.15 Å². The molecule has 1 aromatic heterocycles. The van der Waals surface area contributed by atoms with E-state index in [1.807, 2.05) is 6.07 Å². The largest absolute Gasteiger partial charge is 0.377 e. The molecule has 1 aromatic carbocycles. The van der Waals surface area contributed by atoms with Gasteiger partial charge in [0.2, 0.25) is 0 Å². The smallest absolute Gasteiger partial charge is 0.129 e. The van der Waals surface area contributed by atoms with Crippen molar-refractivity contribution in [2.45, 2.75) is 26.3 Å². The van der Waals surface area contributed by atoms with Crippen molar-refractivity contribution in [2.24, 2.45) is 0 Å². The maximum Gasteiger partial charge on any atom is 0.129 e. The molecule has 0 saturated heterocycles. The van der Waals surface area contributed by atoms with Crippen LogP contribution in [-0.2, 0) is 0 Å². The number of aromatic nitrogens is 1. The van der Waals surface area contributed by atoms with Crippen molar-refractivity contribution >= 4 is 17.3 Å². The maximum absolute atomic E-state index is 5.78. The van der Waals surface area contributed by atoms with Gasteiger partial charge in [0.25, 0.3) is 0 Å². The summed E-state index contributed by atoms with van der Waals surface area (Å²) < 4.78 is 0. The number of anilines is 1. The van der Waals surface area contributed by atoms with Gasteiger partial charge in [-0.1, -0.05) is 48.4 Å². The van der Waals surface area contributed by atoms with E-state index in [2.05, 4.69) is 48.4 Å². The molecule has 1 N–H and O–H groups in total. The Kier molecular flexibility index (Phi) is 4.21. The summed E-state index contributed by atoms with van der Waals surface area (Å²) in [4.78, 5) is 4.08. The first-order valence-electron chi connectivity index (χ1n) is 6.13. The summed E-state index contributed by atoms with van der Waals surface area (Å²) in [6.07, 6.45) is 2.78. The van der Waals surface area contributed by atoms with Crippen molar-refractivity contribution in [2.75, 3.05) is 5.32 Å². The molecule has 0 saturated carbocycles. The lowest BCUT2D eigenvalue weighted by Crippen LogP contribution is -2.09. The molecule has 0 aliphatic carbocycles. The van der Waals surface area contributed by atoms with Crippen LogP contribution in [0.4, 0.5) is 5.69 Å². The molecule has 18 heavy (non-hydrogen) atoms. The van der Waals surface area contributed by atoms with Gasteiger partial charge in [-0.25, -0.2) is 4.98 Å². The molecule has 2 aromatic rings. The van der Waals surface area contributed by atoms with Crippen LogP contribution >= 0.6 is 11.6 Å². The fourth-order valence-corrected chi connectivity index (χ4v) is 1.99. The number of hydrogen-bond acceptors (Lipinski definition) is 2. The van der Waals surface area contributed by atoms with Crippen molar-refractivity contribution in [1.29, 1.82) is 0 Å². The van der Waals surface area contributed by atoms with E-state index in [9.17, 15) is 0 Å². The molecule has 0 aliphatic heterocycles. The molecule has 0 amide bonds. The second kappa shape index (κ2) is 5.87. The fourth-order valence-electron chi connectivity index (χ4n) is 1.88. The van der Waals surface area contributed by atoms with Crippen molar-refractivity contribution < 1.29 is 0 Å². The van der Waals surface area contributed by atoms with E-state index in [1.165, 1.54) is 11.1 Å². The van der Waals surface area contributed by atoms with E-state index in [-0.39, 0.29) is 0 Å². The van der Waals surface area contributed by atoms with Crippen LogP contribution in [0, 0.1) is 6.92 Å². The number of benzene rings is 1. The predicted molar refractivity (Wildman–Crippen MR) is 77.1 cm³/mol. The predicted octanol–water partition coefficient (Wildman–Crippen LogP) is 4.61. The molecule has 94 valence electrons. The standard InChI is InChI=1S/C15H17ClN2/c1-3-14(12-6-4-11(2)5-7-12)18-13-8-9-15(16)17-10-13/h4-10,14,18H,3H2,1-2H3. The number of halogens is 1. The van der Waals surface area contributed by atoms with Gasteiger partial charge in [-0.05, 0) is 31.0 Å². The van der Waals surface area contributed by atoms with Gasteiger partial charge in [0.05, 0.1) is 17.9 Å². The summed E-state index contributed by atoms with van der Waals surface area (Å²) in [7, 11) is 0. The molecule has 0 spiro atoms. The van der Waals surface area contributed by atoms with Gasteiger partial charge in [0, 0.05) is 0 Å². The molecule has 0 aliphatic rings. The Morgan fingerprint density at radius 3 is 2.44 bits per heavy atom. The maximum atomic E-state index is 5.78. The molecular weight excluding hydrogens is 244 g/mol. The third-order valence-corrected chi connectivity index (χ3v) is 3.18. The highest BCUT2D eigenvalue weighted by molar-refractivity contribution is 6.29. The minimum Gasteiger partial charge on any atom is -0.377 e. The zero-order chi connectivity index (χ0) is 13.0. The monoisotopic (exact) mass is 260 g/mol. The number of nitrogens with one attached hydrogen (secondary N) is 1. The lowest BCUT2D eigenvalue weighted by Gasteiger charge is -2.18. The van der Waals surface area contributed by atoms with E-state index < -0.39 is 0 Å². The average Bonchev–Trinajstić information content (AvgIpc) is 2.39. The number of nitrogens with zero attached hydrogens (tertiary/aromatic N) is 1. The van der Waals surface area contributed by atoms with Gasteiger partial charge in [-0.3, -0.25) is 0 Å². The van der Waals surface area contributed by atoms with Crippen molar-refractivity contribution in [3.63, 3.8) is 0 Å². The quantitative estimate of drug-likeness (QED) is 0.813. The normalized spacial score (nSPS) is 12.2. The van der Waals surface area contributed by atoms with Crippen molar-refractivity contribution in [3.8, 4) is 0 Å². The summed E-state index contributed by atoms with van der Waals surface area (Å²) in [5, 5.41) is 3.99. The molecule has 0 radical (unpaired) electrons. The summed E-state index contributed by atoms with van der Waals surface area (Å²) in [6.45, 7) is 4.27. The third-order valence-electron chi connectivity index (χ3n) is 2.96. The van der Waals surface area contributed by atoms with Crippen LogP contribution < -0.4 is 5.32 Å². The van der Waals surface area contributed by atoms with Gasteiger partial charge >= 0.3 is 0 Å². The number of aryl methyl sites for hydroxylation is 1. The van der Waals surface area contributed by atoms with E-state index in [1.54, 1.807) is 12.3 Å². The first-order chi connectivity index (χ1) is 8.69. The van der Waals surface area contributed by atoms with E-state index in [4.69, 9.17) is 11.6 Å². The first-order valence-corrected chi connectivity index (χ1v) is 6.51. The molecule has 3 heteroatoms. The molecular formula is C15H17ClN2. The minimum absolute atomic E-state index is 0.300. The Hall–Kier alpha value is -1.54. The molecule has 1 unspecified atom stereocenters. The second-order valence-corrected chi connectivity index (χ2v) is 4.77.